The number of benzene rings is 1. The summed E-state index contributed by atoms with van der Waals surface area (Å²) in [6, 6.07) is 7.67. The quantitative estimate of drug-likeness (QED) is 0.553. The van der Waals surface area contributed by atoms with Gasteiger partial charge in [0.1, 0.15) is 23.6 Å². The molecule has 0 radical (unpaired) electrons. The first kappa shape index (κ1) is 21.1. The van der Waals surface area contributed by atoms with Crippen molar-refractivity contribution in [3.05, 3.63) is 65.9 Å². The Balaban J connectivity index is 1.44. The van der Waals surface area contributed by atoms with Crippen molar-refractivity contribution in [1.29, 1.82) is 0 Å². The van der Waals surface area contributed by atoms with Crippen LogP contribution >= 0.6 is 0 Å². The number of aromatic nitrogens is 2. The van der Waals surface area contributed by atoms with E-state index in [0.717, 1.165) is 0 Å². The molecule has 1 aliphatic heterocycles. The van der Waals surface area contributed by atoms with Gasteiger partial charge in [-0.2, -0.15) is 0 Å². The van der Waals surface area contributed by atoms with Crippen LogP contribution in [0.4, 0.5) is 4.39 Å². The largest absolute Gasteiger partial charge is 0.368 e. The number of likely N-dealkylation sites (tertiary alicyclic amines) is 1. The van der Waals surface area contributed by atoms with Gasteiger partial charge in [-0.05, 0) is 35.4 Å². The molecule has 1 saturated carbocycles. The van der Waals surface area contributed by atoms with E-state index in [1.54, 1.807) is 36.5 Å². The monoisotopic (exact) mass is 449 g/mol. The molecule has 3 amide bonds. The van der Waals surface area contributed by atoms with Crippen LogP contribution in [-0.2, 0) is 9.59 Å². The molecule has 170 valence electrons. The number of carbonyl (C=O) groups is 3. The second kappa shape index (κ2) is 7.40. The van der Waals surface area contributed by atoms with Crippen molar-refractivity contribution in [3.63, 3.8) is 0 Å². The van der Waals surface area contributed by atoms with Gasteiger partial charge in [0.2, 0.25) is 11.8 Å². The number of aromatic amines is 1. The van der Waals surface area contributed by atoms with E-state index in [1.165, 1.54) is 17.2 Å². The van der Waals surface area contributed by atoms with Crippen LogP contribution in [0.25, 0.3) is 10.9 Å². The molecule has 8 nitrogen and oxygen atoms in total. The molecule has 3 aromatic rings. The van der Waals surface area contributed by atoms with Crippen LogP contribution in [0.5, 0.6) is 0 Å². The molecule has 4 atom stereocenters. The van der Waals surface area contributed by atoms with Crippen LogP contribution < -0.4 is 11.1 Å². The third kappa shape index (κ3) is 3.35. The number of halogens is 1. The average molecular weight is 449 g/mol. The van der Waals surface area contributed by atoms with Crippen molar-refractivity contribution in [2.24, 2.45) is 23.0 Å². The molecule has 9 heteroatoms. The number of amides is 3. The van der Waals surface area contributed by atoms with Crippen molar-refractivity contribution in [2.45, 2.75) is 25.9 Å². The molecule has 2 aromatic heterocycles. The van der Waals surface area contributed by atoms with E-state index in [-0.39, 0.29) is 34.4 Å². The standard InChI is InChI=1S/C24H24FN5O3/c1-24(2)14-11-30(23(33)16-9-12-5-3-7-15(25)18(12)28-16)20(17(14)24)22(32)29-19(21(26)31)13-6-4-8-27-10-13/h3-10,14,17,19-20,28H,11H2,1-2H3,(H2,26,31)(H,29,32)/t14-,17-,19?,20-/m0/s1. The zero-order chi connectivity index (χ0) is 23.5. The van der Waals surface area contributed by atoms with Crippen LogP contribution in [0.1, 0.15) is 35.9 Å². The number of carbonyl (C=O) groups excluding carboxylic acids is 3. The van der Waals surface area contributed by atoms with Gasteiger partial charge < -0.3 is 20.9 Å². The van der Waals surface area contributed by atoms with Gasteiger partial charge in [-0.25, -0.2) is 4.39 Å². The first-order valence-corrected chi connectivity index (χ1v) is 10.8. The highest BCUT2D eigenvalue weighted by molar-refractivity contribution is 6.01. The molecule has 1 saturated heterocycles. The zero-order valence-electron chi connectivity index (χ0n) is 18.2. The van der Waals surface area contributed by atoms with Crippen LogP contribution in [0.3, 0.4) is 0 Å². The molecule has 5 rings (SSSR count). The number of fused-ring (bicyclic) bond motifs is 2. The molecular formula is C24H24FN5O3. The number of nitrogens with one attached hydrogen (secondary N) is 2. The predicted molar refractivity (Wildman–Crippen MR) is 118 cm³/mol. The van der Waals surface area contributed by atoms with Crippen LogP contribution in [0.2, 0.25) is 0 Å². The van der Waals surface area contributed by atoms with Gasteiger partial charge >= 0.3 is 0 Å². The number of hydrogen-bond donors (Lipinski definition) is 3. The van der Waals surface area contributed by atoms with Gasteiger partial charge in [0.05, 0.1) is 5.52 Å². The summed E-state index contributed by atoms with van der Waals surface area (Å²) in [7, 11) is 0. The summed E-state index contributed by atoms with van der Waals surface area (Å²) in [6.45, 7) is 4.53. The number of piperidine rings is 1. The molecule has 0 bridgehead atoms. The lowest BCUT2D eigenvalue weighted by Crippen LogP contribution is -2.52. The van der Waals surface area contributed by atoms with Crippen LogP contribution in [0.15, 0.2) is 48.8 Å². The number of hydrogen-bond acceptors (Lipinski definition) is 4. The molecule has 1 unspecified atom stereocenters. The third-order valence-electron chi connectivity index (χ3n) is 7.16. The molecular weight excluding hydrogens is 425 g/mol. The Labute approximate surface area is 189 Å². The zero-order valence-corrected chi connectivity index (χ0v) is 18.2. The summed E-state index contributed by atoms with van der Waals surface area (Å²) >= 11 is 0. The Morgan fingerprint density at radius 3 is 2.73 bits per heavy atom. The Kier molecular flexibility index (Phi) is 4.73. The fraction of sp³-hybridized carbons (Fsp3) is 0.333. The van der Waals surface area contributed by atoms with Gasteiger partial charge in [0, 0.05) is 29.9 Å². The van der Waals surface area contributed by atoms with Gasteiger partial charge in [-0.1, -0.05) is 32.0 Å². The number of primary amides is 1. The molecule has 2 fully saturated rings. The summed E-state index contributed by atoms with van der Waals surface area (Å²) in [5, 5.41) is 3.30. The summed E-state index contributed by atoms with van der Waals surface area (Å²) in [4.78, 5) is 47.3. The number of nitrogens with two attached hydrogens (primary N) is 1. The van der Waals surface area contributed by atoms with E-state index >= 15 is 0 Å². The first-order chi connectivity index (χ1) is 15.7. The normalized spacial score (nSPS) is 23.7. The summed E-state index contributed by atoms with van der Waals surface area (Å²) in [5.41, 5.74) is 6.37. The number of H-pyrrole nitrogens is 1. The van der Waals surface area contributed by atoms with E-state index < -0.39 is 29.7 Å². The summed E-state index contributed by atoms with van der Waals surface area (Å²) < 4.78 is 14.1. The maximum absolute atomic E-state index is 14.1. The number of pyridine rings is 1. The molecule has 1 aromatic carbocycles. The van der Waals surface area contributed by atoms with E-state index in [4.69, 9.17) is 5.73 Å². The van der Waals surface area contributed by atoms with Crippen molar-refractivity contribution in [2.75, 3.05) is 6.54 Å². The van der Waals surface area contributed by atoms with Crippen LogP contribution in [0, 0.1) is 23.1 Å². The van der Waals surface area contributed by atoms with Gasteiger partial charge in [-0.3, -0.25) is 19.4 Å². The third-order valence-corrected chi connectivity index (χ3v) is 7.16. The van der Waals surface area contributed by atoms with Crippen molar-refractivity contribution in [3.8, 4) is 0 Å². The maximum Gasteiger partial charge on any atom is 0.271 e. The van der Waals surface area contributed by atoms with E-state index in [1.807, 2.05) is 0 Å². The Hall–Kier alpha value is -3.75. The Morgan fingerprint density at radius 1 is 1.27 bits per heavy atom. The fourth-order valence-electron chi connectivity index (χ4n) is 5.28. The lowest BCUT2D eigenvalue weighted by Gasteiger charge is -2.30. The summed E-state index contributed by atoms with van der Waals surface area (Å²) in [6.07, 6.45) is 3.03. The van der Waals surface area contributed by atoms with E-state index in [0.29, 0.717) is 17.5 Å². The van der Waals surface area contributed by atoms with Gasteiger partial charge in [-0.15, -0.1) is 0 Å². The SMILES string of the molecule is CC1(C)[C@@H]2[C@@H](C(=O)NC(C(N)=O)c3cccnc3)N(C(=O)c3cc4cccc(F)c4[nH]3)C[C@@H]21. The van der Waals surface area contributed by atoms with Crippen molar-refractivity contribution in [1.82, 2.24) is 20.2 Å². The van der Waals surface area contributed by atoms with Gasteiger partial charge in [0.15, 0.2) is 0 Å². The highest BCUT2D eigenvalue weighted by atomic mass is 19.1. The lowest BCUT2D eigenvalue weighted by molar-refractivity contribution is -0.130. The Morgan fingerprint density at radius 2 is 2.06 bits per heavy atom. The van der Waals surface area contributed by atoms with Gasteiger partial charge in [0.25, 0.3) is 5.91 Å². The molecule has 33 heavy (non-hydrogen) atoms. The number of nitrogens with zero attached hydrogens (tertiary/aromatic N) is 2. The minimum atomic E-state index is -1.06. The molecule has 2 aliphatic rings. The molecule has 0 spiro atoms. The summed E-state index contributed by atoms with van der Waals surface area (Å²) in [5.74, 6) is -1.90. The van der Waals surface area contributed by atoms with Crippen molar-refractivity contribution >= 4 is 28.6 Å². The molecule has 1 aliphatic carbocycles. The number of para-hydroxylation sites is 1. The number of rotatable bonds is 5. The molecule has 4 N–H and O–H groups in total. The fourth-order valence-corrected chi connectivity index (χ4v) is 5.28. The highest BCUT2D eigenvalue weighted by Gasteiger charge is 2.69. The van der Waals surface area contributed by atoms with Crippen molar-refractivity contribution < 1.29 is 18.8 Å². The topological polar surface area (TPSA) is 121 Å². The minimum absolute atomic E-state index is 0.0509. The molecule has 3 heterocycles. The maximum atomic E-state index is 14.1. The smallest absolute Gasteiger partial charge is 0.271 e. The van der Waals surface area contributed by atoms with E-state index in [9.17, 15) is 18.8 Å². The Bertz CT molecular complexity index is 1270. The second-order valence-electron chi connectivity index (χ2n) is 9.37. The minimum Gasteiger partial charge on any atom is -0.368 e. The highest BCUT2D eigenvalue weighted by Crippen LogP contribution is 2.65. The average Bonchev–Trinajstić information content (AvgIpc) is 3.17. The van der Waals surface area contributed by atoms with E-state index in [2.05, 4.69) is 29.1 Å². The van der Waals surface area contributed by atoms with Crippen LogP contribution in [-0.4, -0.2) is 45.2 Å². The first-order valence-electron chi connectivity index (χ1n) is 10.8. The predicted octanol–water partition coefficient (Wildman–Crippen LogP) is 2.14. The second-order valence-corrected chi connectivity index (χ2v) is 9.37. The lowest BCUT2D eigenvalue weighted by atomic mass is 9.99.